The van der Waals surface area contributed by atoms with E-state index in [4.69, 9.17) is 4.98 Å². The van der Waals surface area contributed by atoms with Gasteiger partial charge in [0.2, 0.25) is 0 Å². The molecule has 1 spiro atoms. The summed E-state index contributed by atoms with van der Waals surface area (Å²) in [6, 6.07) is 11.4. The first kappa shape index (κ1) is 16.3. The molecular formula is C23H21N3O. The Morgan fingerprint density at radius 3 is 2.74 bits per heavy atom. The summed E-state index contributed by atoms with van der Waals surface area (Å²) in [5.74, 6) is 7.12. The summed E-state index contributed by atoms with van der Waals surface area (Å²) in [5.41, 5.74) is 2.78. The Morgan fingerprint density at radius 2 is 1.93 bits per heavy atom. The van der Waals surface area contributed by atoms with Gasteiger partial charge in [-0.25, -0.2) is 9.97 Å². The molecule has 0 atom stereocenters. The maximum atomic E-state index is 13.1. The molecular weight excluding hydrogens is 334 g/mol. The number of pyridine rings is 1. The van der Waals surface area contributed by atoms with Crippen LogP contribution in [0.3, 0.4) is 0 Å². The van der Waals surface area contributed by atoms with Gasteiger partial charge in [0.25, 0.3) is 5.56 Å². The van der Waals surface area contributed by atoms with Crippen molar-refractivity contribution in [3.05, 3.63) is 70.0 Å². The number of hydrogen-bond donors (Lipinski definition) is 0. The van der Waals surface area contributed by atoms with Gasteiger partial charge in [-0.3, -0.25) is 9.36 Å². The Kier molecular flexibility index (Phi) is 3.82. The zero-order valence-corrected chi connectivity index (χ0v) is 15.2. The Balaban J connectivity index is 1.54. The van der Waals surface area contributed by atoms with Crippen molar-refractivity contribution in [3.63, 3.8) is 0 Å². The molecule has 0 unspecified atom stereocenters. The minimum absolute atomic E-state index is 0.102. The first-order valence-corrected chi connectivity index (χ1v) is 9.69. The molecule has 1 aliphatic heterocycles. The van der Waals surface area contributed by atoms with E-state index in [-0.39, 0.29) is 5.56 Å². The Hall–Kier alpha value is -2.93. The van der Waals surface area contributed by atoms with Gasteiger partial charge in [0.05, 0.1) is 10.9 Å². The van der Waals surface area contributed by atoms with Crippen molar-refractivity contribution >= 4 is 10.9 Å². The molecule has 1 fully saturated rings. The SMILES string of the molecule is O=c1c2ccc(C#Cc3ccccn3)cc2nc2n1CC1(CCCC1)CC2. The second kappa shape index (κ2) is 6.35. The summed E-state index contributed by atoms with van der Waals surface area (Å²) in [6.07, 6.45) is 8.88. The molecule has 0 saturated heterocycles. The van der Waals surface area contributed by atoms with Crippen LogP contribution in [0.2, 0.25) is 0 Å². The summed E-state index contributed by atoms with van der Waals surface area (Å²) in [4.78, 5) is 22.1. The van der Waals surface area contributed by atoms with Gasteiger partial charge in [-0.05, 0) is 60.9 Å². The highest BCUT2D eigenvalue weighted by Gasteiger charge is 2.38. The van der Waals surface area contributed by atoms with Crippen LogP contribution in [-0.4, -0.2) is 14.5 Å². The zero-order valence-electron chi connectivity index (χ0n) is 15.2. The van der Waals surface area contributed by atoms with E-state index in [1.165, 1.54) is 25.7 Å². The summed E-state index contributed by atoms with van der Waals surface area (Å²) in [6.45, 7) is 0.839. The maximum Gasteiger partial charge on any atom is 0.261 e. The lowest BCUT2D eigenvalue weighted by molar-refractivity contribution is 0.193. The Labute approximate surface area is 158 Å². The van der Waals surface area contributed by atoms with E-state index in [9.17, 15) is 4.79 Å². The van der Waals surface area contributed by atoms with Crippen LogP contribution >= 0.6 is 0 Å². The second-order valence-electron chi connectivity index (χ2n) is 7.82. The van der Waals surface area contributed by atoms with Gasteiger partial charge in [0, 0.05) is 24.7 Å². The van der Waals surface area contributed by atoms with Crippen LogP contribution in [0.4, 0.5) is 0 Å². The van der Waals surface area contributed by atoms with Crippen LogP contribution in [0.1, 0.15) is 49.2 Å². The van der Waals surface area contributed by atoms with Gasteiger partial charge in [-0.15, -0.1) is 0 Å². The van der Waals surface area contributed by atoms with Gasteiger partial charge in [0.15, 0.2) is 0 Å². The average Bonchev–Trinajstić information content (AvgIpc) is 3.16. The van der Waals surface area contributed by atoms with Crippen LogP contribution in [-0.2, 0) is 13.0 Å². The van der Waals surface area contributed by atoms with Crippen LogP contribution < -0.4 is 5.56 Å². The van der Waals surface area contributed by atoms with Crippen LogP contribution in [0.15, 0.2) is 47.4 Å². The van der Waals surface area contributed by atoms with Gasteiger partial charge >= 0.3 is 0 Å². The van der Waals surface area contributed by atoms with Gasteiger partial charge in [0.1, 0.15) is 11.5 Å². The fourth-order valence-electron chi connectivity index (χ4n) is 4.60. The minimum Gasteiger partial charge on any atom is -0.296 e. The van der Waals surface area contributed by atoms with E-state index in [0.29, 0.717) is 10.8 Å². The fourth-order valence-corrected chi connectivity index (χ4v) is 4.60. The predicted octanol–water partition coefficient (Wildman–Crippen LogP) is 3.70. The molecule has 27 heavy (non-hydrogen) atoms. The maximum absolute atomic E-state index is 13.1. The molecule has 2 aromatic heterocycles. The molecule has 1 aliphatic carbocycles. The standard InChI is InChI=1S/C23H21N3O/c27-22-19-9-7-17(6-8-18-5-1-4-14-24-18)15-20(19)25-21-10-13-23(16-26(21)22)11-2-3-12-23/h1,4-5,7,9,14-15H,2-3,10-13,16H2. The summed E-state index contributed by atoms with van der Waals surface area (Å²) >= 11 is 0. The third-order valence-electron chi connectivity index (χ3n) is 6.07. The number of fused-ring (bicyclic) bond motifs is 2. The topological polar surface area (TPSA) is 47.8 Å². The van der Waals surface area contributed by atoms with E-state index in [2.05, 4.69) is 16.8 Å². The smallest absolute Gasteiger partial charge is 0.261 e. The quantitative estimate of drug-likeness (QED) is 0.578. The molecule has 4 nitrogen and oxygen atoms in total. The minimum atomic E-state index is 0.102. The van der Waals surface area contributed by atoms with Gasteiger partial charge < -0.3 is 0 Å². The lowest BCUT2D eigenvalue weighted by atomic mass is 9.79. The molecule has 0 amide bonds. The first-order chi connectivity index (χ1) is 13.2. The van der Waals surface area contributed by atoms with Crippen molar-refractivity contribution in [1.29, 1.82) is 0 Å². The van der Waals surface area contributed by atoms with E-state index < -0.39 is 0 Å². The van der Waals surface area contributed by atoms with Crippen molar-refractivity contribution in [2.24, 2.45) is 5.41 Å². The Morgan fingerprint density at radius 1 is 1.04 bits per heavy atom. The van der Waals surface area contributed by atoms with Crippen LogP contribution in [0.5, 0.6) is 0 Å². The van der Waals surface area contributed by atoms with E-state index in [0.717, 1.165) is 42.0 Å². The van der Waals surface area contributed by atoms with Crippen LogP contribution in [0.25, 0.3) is 10.9 Å². The second-order valence-corrected chi connectivity index (χ2v) is 7.82. The molecule has 0 radical (unpaired) electrons. The third kappa shape index (κ3) is 2.94. The molecule has 0 N–H and O–H groups in total. The highest BCUT2D eigenvalue weighted by molar-refractivity contribution is 5.79. The highest BCUT2D eigenvalue weighted by Crippen LogP contribution is 2.45. The lowest BCUT2D eigenvalue weighted by Crippen LogP contribution is -2.38. The Bertz CT molecular complexity index is 1130. The van der Waals surface area contributed by atoms with Crippen molar-refractivity contribution in [3.8, 4) is 11.8 Å². The summed E-state index contributed by atoms with van der Waals surface area (Å²) in [5, 5.41) is 0.692. The first-order valence-electron chi connectivity index (χ1n) is 9.69. The van der Waals surface area contributed by atoms with Crippen LogP contribution in [0, 0.1) is 17.3 Å². The molecule has 5 rings (SSSR count). The van der Waals surface area contributed by atoms with Crippen molar-refractivity contribution < 1.29 is 0 Å². The number of rotatable bonds is 0. The largest absolute Gasteiger partial charge is 0.296 e. The number of hydrogen-bond acceptors (Lipinski definition) is 3. The molecule has 3 heterocycles. The monoisotopic (exact) mass is 355 g/mol. The number of aromatic nitrogens is 3. The molecule has 3 aromatic rings. The van der Waals surface area contributed by atoms with Gasteiger partial charge in [-0.1, -0.05) is 24.8 Å². The van der Waals surface area contributed by atoms with Crippen molar-refractivity contribution in [1.82, 2.24) is 14.5 Å². The summed E-state index contributed by atoms with van der Waals surface area (Å²) < 4.78 is 1.94. The molecule has 2 aliphatic rings. The van der Waals surface area contributed by atoms with Gasteiger partial charge in [-0.2, -0.15) is 0 Å². The lowest BCUT2D eigenvalue weighted by Gasteiger charge is -2.35. The predicted molar refractivity (Wildman–Crippen MR) is 105 cm³/mol. The molecule has 134 valence electrons. The van der Waals surface area contributed by atoms with Crippen molar-refractivity contribution in [2.45, 2.75) is 45.1 Å². The zero-order chi connectivity index (χ0) is 18.3. The van der Waals surface area contributed by atoms with Crippen molar-refractivity contribution in [2.75, 3.05) is 0 Å². The summed E-state index contributed by atoms with van der Waals surface area (Å²) in [7, 11) is 0. The number of aryl methyl sites for hydroxylation is 1. The normalized spacial score (nSPS) is 17.5. The fraction of sp³-hybridized carbons (Fsp3) is 0.348. The number of benzene rings is 1. The third-order valence-corrected chi connectivity index (χ3v) is 6.07. The molecule has 0 bridgehead atoms. The molecule has 4 heteroatoms. The van der Waals surface area contributed by atoms with E-state index in [1.54, 1.807) is 6.20 Å². The number of nitrogens with zero attached hydrogens (tertiary/aromatic N) is 3. The average molecular weight is 355 g/mol. The molecule has 1 saturated carbocycles. The molecule has 1 aromatic carbocycles. The highest BCUT2D eigenvalue weighted by atomic mass is 16.1. The van der Waals surface area contributed by atoms with E-state index >= 15 is 0 Å². The van der Waals surface area contributed by atoms with E-state index in [1.807, 2.05) is 41.0 Å².